The zero-order chi connectivity index (χ0) is 16.5. The van der Waals surface area contributed by atoms with Crippen LogP contribution in [0.3, 0.4) is 0 Å². The molecule has 5 heteroatoms. The molecule has 0 fully saturated rings. The van der Waals surface area contributed by atoms with E-state index in [1.54, 1.807) is 11.3 Å². The van der Waals surface area contributed by atoms with Gasteiger partial charge in [-0.1, -0.05) is 44.2 Å². The summed E-state index contributed by atoms with van der Waals surface area (Å²) in [5.41, 5.74) is 2.18. The third kappa shape index (κ3) is 6.02. The van der Waals surface area contributed by atoms with E-state index in [1.165, 1.54) is 0 Å². The van der Waals surface area contributed by atoms with Crippen LogP contribution in [0.15, 0.2) is 40.7 Å². The minimum Gasteiger partial charge on any atom is -0.357 e. The first-order valence-electron chi connectivity index (χ1n) is 8.21. The first-order chi connectivity index (χ1) is 11.2. The Morgan fingerprint density at radius 2 is 2.00 bits per heavy atom. The molecule has 0 aliphatic rings. The summed E-state index contributed by atoms with van der Waals surface area (Å²) >= 11 is 1.66. The Labute approximate surface area is 143 Å². The predicted molar refractivity (Wildman–Crippen MR) is 99.8 cm³/mol. The smallest absolute Gasteiger partial charge is 0.191 e. The third-order valence-electron chi connectivity index (χ3n) is 3.35. The van der Waals surface area contributed by atoms with Crippen molar-refractivity contribution in [3.8, 4) is 11.3 Å². The van der Waals surface area contributed by atoms with Crippen LogP contribution < -0.4 is 10.6 Å². The SMILES string of the molecule is CCNC(=NCc1nc(-c2ccccc2)cs1)NCCC(C)C. The molecule has 0 amide bonds. The van der Waals surface area contributed by atoms with Crippen LogP contribution in [0.4, 0.5) is 0 Å². The lowest BCUT2D eigenvalue weighted by Crippen LogP contribution is -2.38. The van der Waals surface area contributed by atoms with Gasteiger partial charge >= 0.3 is 0 Å². The molecule has 2 aromatic rings. The normalized spacial score (nSPS) is 11.7. The van der Waals surface area contributed by atoms with Gasteiger partial charge in [-0.3, -0.25) is 0 Å². The topological polar surface area (TPSA) is 49.3 Å². The predicted octanol–water partition coefficient (Wildman–Crippen LogP) is 3.91. The molecule has 0 bridgehead atoms. The standard InChI is InChI=1S/C18H26N4S/c1-4-19-18(20-11-10-14(2)3)21-12-17-22-16(13-23-17)15-8-6-5-7-9-15/h5-9,13-14H,4,10-12H2,1-3H3,(H2,19,20,21). The van der Waals surface area contributed by atoms with Crippen LogP contribution in [0.25, 0.3) is 11.3 Å². The molecule has 0 aliphatic carbocycles. The van der Waals surface area contributed by atoms with Gasteiger partial charge in [-0.05, 0) is 19.3 Å². The molecule has 0 saturated carbocycles. The van der Waals surface area contributed by atoms with Crippen LogP contribution in [0.5, 0.6) is 0 Å². The van der Waals surface area contributed by atoms with Crippen LogP contribution in [-0.2, 0) is 6.54 Å². The molecule has 0 radical (unpaired) electrons. The van der Waals surface area contributed by atoms with E-state index < -0.39 is 0 Å². The van der Waals surface area contributed by atoms with E-state index in [9.17, 15) is 0 Å². The van der Waals surface area contributed by atoms with Crippen LogP contribution in [0.2, 0.25) is 0 Å². The average Bonchev–Trinajstić information content (AvgIpc) is 3.02. The van der Waals surface area contributed by atoms with Gasteiger partial charge in [0.05, 0.1) is 12.2 Å². The Morgan fingerprint density at radius 1 is 1.22 bits per heavy atom. The van der Waals surface area contributed by atoms with E-state index in [4.69, 9.17) is 0 Å². The second kappa shape index (κ2) is 9.30. The Kier molecular flexibility index (Phi) is 7.07. The Balaban J connectivity index is 1.95. The van der Waals surface area contributed by atoms with Gasteiger partial charge in [-0.15, -0.1) is 11.3 Å². The summed E-state index contributed by atoms with van der Waals surface area (Å²) < 4.78 is 0. The summed E-state index contributed by atoms with van der Waals surface area (Å²) in [5.74, 6) is 1.56. The van der Waals surface area contributed by atoms with Crippen molar-refractivity contribution < 1.29 is 0 Å². The number of hydrogen-bond acceptors (Lipinski definition) is 3. The lowest BCUT2D eigenvalue weighted by atomic mass is 10.1. The highest BCUT2D eigenvalue weighted by Gasteiger charge is 2.04. The van der Waals surface area contributed by atoms with Crippen LogP contribution in [0, 0.1) is 5.92 Å². The van der Waals surface area contributed by atoms with E-state index in [0.717, 1.165) is 41.7 Å². The average molecular weight is 331 g/mol. The van der Waals surface area contributed by atoms with Crippen molar-refractivity contribution in [2.45, 2.75) is 33.7 Å². The van der Waals surface area contributed by atoms with E-state index in [1.807, 2.05) is 18.2 Å². The lowest BCUT2D eigenvalue weighted by molar-refractivity contribution is 0.573. The molecule has 0 spiro atoms. The molecule has 1 heterocycles. The number of hydrogen-bond donors (Lipinski definition) is 2. The highest BCUT2D eigenvalue weighted by molar-refractivity contribution is 7.09. The van der Waals surface area contributed by atoms with Crippen LogP contribution >= 0.6 is 11.3 Å². The fourth-order valence-corrected chi connectivity index (χ4v) is 2.82. The molecule has 0 unspecified atom stereocenters. The largest absolute Gasteiger partial charge is 0.357 e. The van der Waals surface area contributed by atoms with Gasteiger partial charge < -0.3 is 10.6 Å². The number of nitrogens with one attached hydrogen (secondary N) is 2. The summed E-state index contributed by atoms with van der Waals surface area (Å²) in [4.78, 5) is 9.31. The van der Waals surface area contributed by atoms with E-state index in [0.29, 0.717) is 12.5 Å². The highest BCUT2D eigenvalue weighted by Crippen LogP contribution is 2.21. The number of nitrogens with zero attached hydrogens (tertiary/aromatic N) is 2. The highest BCUT2D eigenvalue weighted by atomic mass is 32.1. The quantitative estimate of drug-likeness (QED) is 0.598. The van der Waals surface area contributed by atoms with Crippen molar-refractivity contribution in [2.24, 2.45) is 10.9 Å². The summed E-state index contributed by atoms with van der Waals surface area (Å²) in [6, 6.07) is 10.3. The third-order valence-corrected chi connectivity index (χ3v) is 4.19. The van der Waals surface area contributed by atoms with Gasteiger partial charge in [-0.2, -0.15) is 0 Å². The maximum atomic E-state index is 4.68. The summed E-state index contributed by atoms with van der Waals surface area (Å²) in [5, 5.41) is 9.79. The minimum absolute atomic E-state index is 0.606. The zero-order valence-corrected chi connectivity index (χ0v) is 15.0. The molecule has 0 atom stereocenters. The van der Waals surface area contributed by atoms with Crippen molar-refractivity contribution in [1.29, 1.82) is 0 Å². The molecule has 0 saturated heterocycles. The second-order valence-electron chi connectivity index (χ2n) is 5.80. The Hall–Kier alpha value is -1.88. The van der Waals surface area contributed by atoms with Gasteiger partial charge in [0.15, 0.2) is 5.96 Å². The fourth-order valence-electron chi connectivity index (χ4n) is 2.09. The van der Waals surface area contributed by atoms with Gasteiger partial charge in [0, 0.05) is 24.0 Å². The van der Waals surface area contributed by atoms with Crippen LogP contribution in [-0.4, -0.2) is 24.0 Å². The molecule has 1 aromatic heterocycles. The number of benzene rings is 1. The second-order valence-corrected chi connectivity index (χ2v) is 6.74. The number of aliphatic imine (C=N–C) groups is 1. The summed E-state index contributed by atoms with van der Waals surface area (Å²) in [6.07, 6.45) is 1.14. The fraction of sp³-hybridized carbons (Fsp3) is 0.444. The van der Waals surface area contributed by atoms with Crippen molar-refractivity contribution in [3.05, 3.63) is 40.7 Å². The molecular formula is C18H26N4S. The minimum atomic E-state index is 0.606. The van der Waals surface area contributed by atoms with Crippen molar-refractivity contribution in [1.82, 2.24) is 15.6 Å². The Bertz CT molecular complexity index is 604. The van der Waals surface area contributed by atoms with E-state index >= 15 is 0 Å². The van der Waals surface area contributed by atoms with Gasteiger partial charge in [0.25, 0.3) is 0 Å². The first kappa shape index (κ1) is 17.5. The first-order valence-corrected chi connectivity index (χ1v) is 9.09. The molecule has 4 nitrogen and oxygen atoms in total. The van der Waals surface area contributed by atoms with Gasteiger partial charge in [0.2, 0.25) is 0 Å². The molecular weight excluding hydrogens is 304 g/mol. The molecule has 2 N–H and O–H groups in total. The summed E-state index contributed by atoms with van der Waals surface area (Å²) in [7, 11) is 0. The molecule has 2 rings (SSSR count). The molecule has 0 aliphatic heterocycles. The zero-order valence-electron chi connectivity index (χ0n) is 14.2. The lowest BCUT2D eigenvalue weighted by Gasteiger charge is -2.11. The van der Waals surface area contributed by atoms with Crippen LogP contribution in [0.1, 0.15) is 32.2 Å². The van der Waals surface area contributed by atoms with Crippen molar-refractivity contribution in [3.63, 3.8) is 0 Å². The van der Waals surface area contributed by atoms with Gasteiger partial charge in [-0.25, -0.2) is 9.98 Å². The summed E-state index contributed by atoms with van der Waals surface area (Å²) in [6.45, 7) is 8.95. The molecule has 23 heavy (non-hydrogen) atoms. The molecule has 1 aromatic carbocycles. The maximum absolute atomic E-state index is 4.68. The van der Waals surface area contributed by atoms with Crippen molar-refractivity contribution in [2.75, 3.05) is 13.1 Å². The maximum Gasteiger partial charge on any atom is 0.191 e. The van der Waals surface area contributed by atoms with Crippen molar-refractivity contribution >= 4 is 17.3 Å². The monoisotopic (exact) mass is 330 g/mol. The van der Waals surface area contributed by atoms with E-state index in [-0.39, 0.29) is 0 Å². The number of rotatable bonds is 7. The Morgan fingerprint density at radius 3 is 2.70 bits per heavy atom. The van der Waals surface area contributed by atoms with E-state index in [2.05, 4.69) is 58.9 Å². The molecule has 124 valence electrons. The van der Waals surface area contributed by atoms with Gasteiger partial charge in [0.1, 0.15) is 5.01 Å². The number of thiazole rings is 1. The number of aromatic nitrogens is 1. The number of guanidine groups is 1.